The molecule has 1 aliphatic rings. The lowest BCUT2D eigenvalue weighted by atomic mass is 10.1. The van der Waals surface area contributed by atoms with Crippen molar-refractivity contribution >= 4 is 35.7 Å². The molecule has 1 atom stereocenters. The molecule has 1 aromatic rings. The van der Waals surface area contributed by atoms with Crippen LogP contribution in [-0.4, -0.2) is 34.3 Å². The van der Waals surface area contributed by atoms with Crippen molar-refractivity contribution in [2.75, 3.05) is 17.6 Å². The number of aromatic nitrogens is 1. The SMILES string of the molecule is CCC(CC)N1CC(C(=O)Nc2ccc(N)nc2)CC1=O.Cl. The van der Waals surface area contributed by atoms with E-state index in [1.165, 1.54) is 6.20 Å². The van der Waals surface area contributed by atoms with E-state index in [2.05, 4.69) is 24.1 Å². The number of nitrogens with zero attached hydrogens (tertiary/aromatic N) is 2. The summed E-state index contributed by atoms with van der Waals surface area (Å²) in [4.78, 5) is 30.1. The van der Waals surface area contributed by atoms with Gasteiger partial charge in [0.2, 0.25) is 11.8 Å². The van der Waals surface area contributed by atoms with Crippen molar-refractivity contribution in [2.24, 2.45) is 5.92 Å². The van der Waals surface area contributed by atoms with E-state index in [4.69, 9.17) is 5.73 Å². The number of nitrogens with one attached hydrogen (secondary N) is 1. The number of halogens is 1. The van der Waals surface area contributed by atoms with Crippen LogP contribution in [0.4, 0.5) is 11.5 Å². The van der Waals surface area contributed by atoms with Gasteiger partial charge in [-0.2, -0.15) is 0 Å². The van der Waals surface area contributed by atoms with Crippen LogP contribution in [0.15, 0.2) is 18.3 Å². The minimum Gasteiger partial charge on any atom is -0.384 e. The third-order valence-corrected chi connectivity index (χ3v) is 3.97. The van der Waals surface area contributed by atoms with E-state index in [1.807, 2.05) is 4.90 Å². The fourth-order valence-corrected chi connectivity index (χ4v) is 2.71. The van der Waals surface area contributed by atoms with Gasteiger partial charge in [-0.15, -0.1) is 12.4 Å². The molecule has 0 spiro atoms. The summed E-state index contributed by atoms with van der Waals surface area (Å²) in [5, 5.41) is 2.79. The Kier molecular flexibility index (Phi) is 6.61. The molecule has 1 aliphatic heterocycles. The van der Waals surface area contributed by atoms with Crippen molar-refractivity contribution in [1.82, 2.24) is 9.88 Å². The number of carbonyl (C=O) groups excluding carboxylic acids is 2. The van der Waals surface area contributed by atoms with Gasteiger partial charge in [0, 0.05) is 19.0 Å². The monoisotopic (exact) mass is 326 g/mol. The van der Waals surface area contributed by atoms with E-state index >= 15 is 0 Å². The molecule has 0 radical (unpaired) electrons. The molecule has 22 heavy (non-hydrogen) atoms. The smallest absolute Gasteiger partial charge is 0.229 e. The zero-order valence-corrected chi connectivity index (χ0v) is 13.7. The largest absolute Gasteiger partial charge is 0.384 e. The van der Waals surface area contributed by atoms with Gasteiger partial charge in [-0.05, 0) is 25.0 Å². The summed E-state index contributed by atoms with van der Waals surface area (Å²) in [6.45, 7) is 4.63. The Morgan fingerprint density at radius 3 is 2.68 bits per heavy atom. The molecule has 0 aliphatic carbocycles. The number of amides is 2. The van der Waals surface area contributed by atoms with Gasteiger partial charge in [-0.25, -0.2) is 4.98 Å². The molecule has 2 rings (SSSR count). The summed E-state index contributed by atoms with van der Waals surface area (Å²) < 4.78 is 0. The van der Waals surface area contributed by atoms with Gasteiger partial charge in [0.05, 0.1) is 17.8 Å². The highest BCUT2D eigenvalue weighted by Gasteiger charge is 2.36. The third-order valence-electron chi connectivity index (χ3n) is 3.97. The summed E-state index contributed by atoms with van der Waals surface area (Å²) in [6.07, 6.45) is 3.63. The zero-order valence-electron chi connectivity index (χ0n) is 12.9. The molecule has 0 aromatic carbocycles. The highest BCUT2D eigenvalue weighted by Crippen LogP contribution is 2.24. The molecule has 6 nitrogen and oxygen atoms in total. The van der Waals surface area contributed by atoms with Crippen molar-refractivity contribution in [1.29, 1.82) is 0 Å². The van der Waals surface area contributed by atoms with Crippen LogP contribution in [0.2, 0.25) is 0 Å². The van der Waals surface area contributed by atoms with Crippen LogP contribution in [-0.2, 0) is 9.59 Å². The summed E-state index contributed by atoms with van der Waals surface area (Å²) in [7, 11) is 0. The average molecular weight is 327 g/mol. The summed E-state index contributed by atoms with van der Waals surface area (Å²) in [5.74, 6) is 0.0438. The molecule has 1 aromatic heterocycles. The first-order chi connectivity index (χ1) is 10.0. The Morgan fingerprint density at radius 2 is 2.14 bits per heavy atom. The number of hydrogen-bond acceptors (Lipinski definition) is 4. The van der Waals surface area contributed by atoms with Gasteiger partial charge >= 0.3 is 0 Å². The lowest BCUT2D eigenvalue weighted by Gasteiger charge is -2.26. The van der Waals surface area contributed by atoms with Crippen LogP contribution in [0.1, 0.15) is 33.1 Å². The maximum atomic E-state index is 12.2. The molecule has 1 fully saturated rings. The van der Waals surface area contributed by atoms with Gasteiger partial charge in [-0.1, -0.05) is 13.8 Å². The van der Waals surface area contributed by atoms with Crippen LogP contribution in [0.3, 0.4) is 0 Å². The van der Waals surface area contributed by atoms with E-state index in [0.29, 0.717) is 18.1 Å². The number of pyridine rings is 1. The molecule has 1 saturated heterocycles. The maximum Gasteiger partial charge on any atom is 0.229 e. The van der Waals surface area contributed by atoms with Crippen molar-refractivity contribution in [3.63, 3.8) is 0 Å². The highest BCUT2D eigenvalue weighted by molar-refractivity contribution is 5.97. The van der Waals surface area contributed by atoms with Crippen LogP contribution in [0.5, 0.6) is 0 Å². The van der Waals surface area contributed by atoms with Gasteiger partial charge in [0.15, 0.2) is 0 Å². The first kappa shape index (κ1) is 18.2. The van der Waals surface area contributed by atoms with Crippen molar-refractivity contribution < 1.29 is 9.59 Å². The molecule has 2 heterocycles. The number of nitrogens with two attached hydrogens (primary N) is 1. The normalized spacial score (nSPS) is 17.5. The van der Waals surface area contributed by atoms with Crippen LogP contribution >= 0.6 is 12.4 Å². The summed E-state index contributed by atoms with van der Waals surface area (Å²) >= 11 is 0. The first-order valence-electron chi connectivity index (χ1n) is 7.37. The Balaban J connectivity index is 0.00000242. The predicted molar refractivity (Wildman–Crippen MR) is 88.7 cm³/mol. The van der Waals surface area contributed by atoms with Gasteiger partial charge in [0.1, 0.15) is 5.82 Å². The van der Waals surface area contributed by atoms with Crippen molar-refractivity contribution in [3.8, 4) is 0 Å². The standard InChI is InChI=1S/C15H22N4O2.ClH/c1-3-12(4-2)19-9-10(7-14(19)20)15(21)18-11-5-6-13(16)17-8-11;/h5-6,8,10,12H,3-4,7,9H2,1-2H3,(H2,16,17)(H,18,21);1H. The van der Waals surface area contributed by atoms with Crippen molar-refractivity contribution in [2.45, 2.75) is 39.2 Å². The topological polar surface area (TPSA) is 88.3 Å². The van der Waals surface area contributed by atoms with Crippen molar-refractivity contribution in [3.05, 3.63) is 18.3 Å². The number of carbonyl (C=O) groups is 2. The maximum absolute atomic E-state index is 12.2. The molecule has 2 amide bonds. The molecular formula is C15H23ClN4O2. The molecule has 3 N–H and O–H groups in total. The number of anilines is 2. The van der Waals surface area contributed by atoms with Gasteiger partial charge < -0.3 is 16.0 Å². The lowest BCUT2D eigenvalue weighted by molar-refractivity contribution is -0.130. The fourth-order valence-electron chi connectivity index (χ4n) is 2.71. The third kappa shape index (κ3) is 4.10. The quantitative estimate of drug-likeness (QED) is 0.867. The zero-order chi connectivity index (χ0) is 15.4. The van der Waals surface area contributed by atoms with Crippen LogP contribution in [0, 0.1) is 5.92 Å². The molecular weight excluding hydrogens is 304 g/mol. The molecule has 1 unspecified atom stereocenters. The number of likely N-dealkylation sites (tertiary alicyclic amines) is 1. The second-order valence-electron chi connectivity index (χ2n) is 5.38. The number of nitrogen functional groups attached to an aromatic ring is 1. The Morgan fingerprint density at radius 1 is 1.45 bits per heavy atom. The minimum absolute atomic E-state index is 0. The average Bonchev–Trinajstić information content (AvgIpc) is 2.85. The Hall–Kier alpha value is -1.82. The van der Waals surface area contributed by atoms with E-state index in [9.17, 15) is 9.59 Å². The Labute approximate surface area is 136 Å². The van der Waals surface area contributed by atoms with Crippen LogP contribution < -0.4 is 11.1 Å². The van der Waals surface area contributed by atoms with E-state index in [1.54, 1.807) is 12.1 Å². The second kappa shape index (κ2) is 7.98. The number of hydrogen-bond donors (Lipinski definition) is 2. The van der Waals surface area contributed by atoms with E-state index in [0.717, 1.165) is 12.8 Å². The van der Waals surface area contributed by atoms with E-state index in [-0.39, 0.29) is 42.6 Å². The summed E-state index contributed by atoms with van der Waals surface area (Å²) in [5.41, 5.74) is 6.10. The van der Waals surface area contributed by atoms with E-state index < -0.39 is 0 Å². The van der Waals surface area contributed by atoms with Gasteiger partial charge in [0.25, 0.3) is 0 Å². The minimum atomic E-state index is -0.296. The molecule has 122 valence electrons. The lowest BCUT2D eigenvalue weighted by Crippen LogP contribution is -2.36. The predicted octanol–water partition coefficient (Wildman–Crippen LogP) is 2.06. The Bertz CT molecular complexity index is 517. The number of rotatable bonds is 5. The fraction of sp³-hybridized carbons (Fsp3) is 0.533. The molecule has 7 heteroatoms. The highest BCUT2D eigenvalue weighted by atomic mass is 35.5. The molecule has 0 saturated carbocycles. The second-order valence-corrected chi connectivity index (χ2v) is 5.38. The van der Waals surface area contributed by atoms with Gasteiger partial charge in [-0.3, -0.25) is 9.59 Å². The van der Waals surface area contributed by atoms with Crippen LogP contribution in [0.25, 0.3) is 0 Å². The first-order valence-corrected chi connectivity index (χ1v) is 7.37. The summed E-state index contributed by atoms with van der Waals surface area (Å²) in [6, 6.07) is 3.56. The molecule has 0 bridgehead atoms.